The second kappa shape index (κ2) is 12.8. The number of aromatic nitrogens is 1. The van der Waals surface area contributed by atoms with Crippen LogP contribution in [0.4, 0.5) is 5.00 Å². The molecule has 41 heavy (non-hydrogen) atoms. The number of rotatable bonds is 10. The van der Waals surface area contributed by atoms with Gasteiger partial charge in [0.2, 0.25) is 5.91 Å². The van der Waals surface area contributed by atoms with Crippen LogP contribution >= 0.6 is 22.7 Å². The summed E-state index contributed by atoms with van der Waals surface area (Å²) >= 11 is 2.29. The number of carbonyl (C=O) groups is 4. The van der Waals surface area contributed by atoms with Crippen molar-refractivity contribution in [3.05, 3.63) is 44.6 Å². The zero-order chi connectivity index (χ0) is 29.7. The number of esters is 2. The van der Waals surface area contributed by atoms with E-state index in [2.05, 4.69) is 16.2 Å². The molecule has 0 spiro atoms. The second-order valence-electron chi connectivity index (χ2n) is 8.95. The van der Waals surface area contributed by atoms with E-state index in [0.717, 1.165) is 34.6 Å². The van der Waals surface area contributed by atoms with Crippen LogP contribution in [0.15, 0.2) is 23.2 Å². The zero-order valence-electron chi connectivity index (χ0n) is 22.4. The number of terminal acetylenes is 1. The Balaban J connectivity index is 1.51. The van der Waals surface area contributed by atoms with Gasteiger partial charge in [0.1, 0.15) is 16.5 Å². The van der Waals surface area contributed by atoms with Gasteiger partial charge in [-0.3, -0.25) is 9.59 Å². The molecule has 1 aromatic carbocycles. The molecule has 2 amide bonds. The highest BCUT2D eigenvalue weighted by atomic mass is 32.2. The number of thiazole rings is 1. The summed E-state index contributed by atoms with van der Waals surface area (Å²) in [5.41, 5.74) is 1.99. The number of hydrogen-bond donors (Lipinski definition) is 1. The molecule has 2 aromatic heterocycles. The Morgan fingerprint density at radius 3 is 2.51 bits per heavy atom. The van der Waals surface area contributed by atoms with Crippen LogP contribution in [0.1, 0.15) is 51.4 Å². The number of benzene rings is 1. The van der Waals surface area contributed by atoms with Gasteiger partial charge in [-0.25, -0.2) is 18.0 Å². The Labute approximate surface area is 244 Å². The number of nitrogens with zero attached hydrogens (tertiary/aromatic N) is 2. The Hall–Kier alpha value is -3.80. The molecule has 2 heterocycles. The number of hydrogen-bond acceptors (Lipinski definition) is 10. The maximum absolute atomic E-state index is 12.7. The van der Waals surface area contributed by atoms with Gasteiger partial charge in [-0.05, 0) is 56.9 Å². The highest BCUT2D eigenvalue weighted by Crippen LogP contribution is 2.39. The molecular weight excluding hydrogens is 591 g/mol. The summed E-state index contributed by atoms with van der Waals surface area (Å²) in [6.45, 7) is 3.78. The molecule has 216 valence electrons. The van der Waals surface area contributed by atoms with E-state index in [0.29, 0.717) is 22.2 Å². The van der Waals surface area contributed by atoms with Crippen molar-refractivity contribution in [2.45, 2.75) is 39.7 Å². The molecule has 14 heteroatoms. The number of nitrogens with one attached hydrogen (secondary N) is 1. The number of carbonyl (C=O) groups excluding carboxylic acids is 4. The standard InChI is InChI=1S/C27H27N3O8S3/c1-4-12-30-18-11-10-16(25(33)37-5-2)13-20(18)40-27(30)29-22(32)15-41(35,36)14-21(31)28-24-23(26(34)38-6-3)17-8-7-9-19(17)39-24/h1,10-11,13H,5-9,12,14-15H2,2-3H3,(H,28,31). The molecule has 3 aromatic rings. The van der Waals surface area contributed by atoms with Crippen LogP contribution in [0, 0.1) is 12.3 Å². The van der Waals surface area contributed by atoms with Crippen molar-refractivity contribution in [2.24, 2.45) is 4.99 Å². The third kappa shape index (κ3) is 6.92. The second-order valence-corrected chi connectivity index (χ2v) is 13.1. The minimum absolute atomic E-state index is 0.0492. The summed E-state index contributed by atoms with van der Waals surface area (Å²) in [5, 5.41) is 2.76. The van der Waals surface area contributed by atoms with Crippen molar-refractivity contribution < 1.29 is 37.1 Å². The number of thiophene rings is 1. The third-order valence-electron chi connectivity index (χ3n) is 6.01. The minimum atomic E-state index is -4.21. The first-order valence-electron chi connectivity index (χ1n) is 12.7. The molecule has 0 atom stereocenters. The van der Waals surface area contributed by atoms with Crippen molar-refractivity contribution in [3.8, 4) is 12.3 Å². The number of sulfone groups is 1. The first kappa shape index (κ1) is 30.2. The quantitative estimate of drug-likeness (QED) is 0.270. The van der Waals surface area contributed by atoms with E-state index in [1.807, 2.05) is 0 Å². The van der Waals surface area contributed by atoms with Crippen molar-refractivity contribution in [3.63, 3.8) is 0 Å². The molecule has 0 unspecified atom stereocenters. The van der Waals surface area contributed by atoms with Crippen LogP contribution in [0.5, 0.6) is 0 Å². The van der Waals surface area contributed by atoms with Crippen molar-refractivity contribution >= 4 is 71.5 Å². The minimum Gasteiger partial charge on any atom is -0.462 e. The van der Waals surface area contributed by atoms with Gasteiger partial charge in [-0.2, -0.15) is 4.99 Å². The molecule has 1 aliphatic carbocycles. The summed E-state index contributed by atoms with van der Waals surface area (Å²) in [7, 11) is -4.21. The lowest BCUT2D eigenvalue weighted by Gasteiger charge is -2.08. The van der Waals surface area contributed by atoms with Gasteiger partial charge >= 0.3 is 11.9 Å². The molecule has 1 N–H and O–H groups in total. The number of ether oxygens (including phenoxy) is 2. The van der Waals surface area contributed by atoms with E-state index in [1.54, 1.807) is 36.6 Å². The molecule has 0 aliphatic heterocycles. The summed E-state index contributed by atoms with van der Waals surface area (Å²) in [5.74, 6) is -2.45. The van der Waals surface area contributed by atoms with Gasteiger partial charge in [0.15, 0.2) is 14.6 Å². The fourth-order valence-corrected chi connectivity index (χ4v) is 7.79. The van der Waals surface area contributed by atoms with E-state index in [1.165, 1.54) is 11.3 Å². The fraction of sp³-hybridized carbons (Fsp3) is 0.370. The highest BCUT2D eigenvalue weighted by Gasteiger charge is 2.29. The number of fused-ring (bicyclic) bond motifs is 2. The van der Waals surface area contributed by atoms with Crippen LogP contribution in [0.2, 0.25) is 0 Å². The first-order chi connectivity index (χ1) is 19.6. The van der Waals surface area contributed by atoms with Crippen LogP contribution in [-0.4, -0.2) is 61.5 Å². The molecule has 11 nitrogen and oxygen atoms in total. The lowest BCUT2D eigenvalue weighted by Crippen LogP contribution is -2.28. The van der Waals surface area contributed by atoms with E-state index in [-0.39, 0.29) is 35.1 Å². The Bertz CT molecular complexity index is 1760. The van der Waals surface area contributed by atoms with Crippen molar-refractivity contribution in [1.29, 1.82) is 0 Å². The summed E-state index contributed by atoms with van der Waals surface area (Å²) < 4.78 is 37.8. The number of anilines is 1. The molecule has 0 fully saturated rings. The molecule has 0 bridgehead atoms. The van der Waals surface area contributed by atoms with E-state index in [4.69, 9.17) is 15.9 Å². The van der Waals surface area contributed by atoms with E-state index in [9.17, 15) is 27.6 Å². The molecular formula is C27H27N3O8S3. The zero-order valence-corrected chi connectivity index (χ0v) is 24.8. The lowest BCUT2D eigenvalue weighted by molar-refractivity contribution is -0.115. The molecule has 0 saturated heterocycles. The van der Waals surface area contributed by atoms with Gasteiger partial charge in [0, 0.05) is 4.88 Å². The van der Waals surface area contributed by atoms with Gasteiger partial charge in [0.05, 0.1) is 41.1 Å². The number of aryl methyl sites for hydroxylation is 1. The smallest absolute Gasteiger partial charge is 0.341 e. The third-order valence-corrected chi connectivity index (χ3v) is 9.65. The van der Waals surface area contributed by atoms with Gasteiger partial charge in [-0.1, -0.05) is 17.3 Å². The highest BCUT2D eigenvalue weighted by molar-refractivity contribution is 7.92. The average Bonchev–Trinajstić information content (AvgIpc) is 3.56. The SMILES string of the molecule is C#CCn1c(=NC(=O)CS(=O)(=O)CC(=O)Nc2sc3c(c2C(=O)OCC)CCC3)sc2cc(C(=O)OCC)ccc21. The van der Waals surface area contributed by atoms with Crippen LogP contribution in [0.25, 0.3) is 10.2 Å². The summed E-state index contributed by atoms with van der Waals surface area (Å²) in [6, 6.07) is 4.79. The van der Waals surface area contributed by atoms with Gasteiger partial charge in [0.25, 0.3) is 5.91 Å². The maximum atomic E-state index is 12.7. The molecule has 1 aliphatic rings. The van der Waals surface area contributed by atoms with Crippen molar-refractivity contribution in [1.82, 2.24) is 4.57 Å². The largest absolute Gasteiger partial charge is 0.462 e. The monoisotopic (exact) mass is 617 g/mol. The normalized spacial score (nSPS) is 13.0. The average molecular weight is 618 g/mol. The predicted octanol–water partition coefficient (Wildman–Crippen LogP) is 2.72. The fourth-order valence-electron chi connectivity index (χ4n) is 4.40. The topological polar surface area (TPSA) is 150 Å². The number of amides is 2. The van der Waals surface area contributed by atoms with E-state index >= 15 is 0 Å². The van der Waals surface area contributed by atoms with Crippen LogP contribution in [-0.2, 0) is 48.3 Å². The maximum Gasteiger partial charge on any atom is 0.341 e. The summed E-state index contributed by atoms with van der Waals surface area (Å²) in [6.07, 6.45) is 7.80. The van der Waals surface area contributed by atoms with Gasteiger partial charge < -0.3 is 19.4 Å². The molecule has 0 radical (unpaired) electrons. The van der Waals surface area contributed by atoms with E-state index < -0.39 is 45.1 Å². The molecule has 4 rings (SSSR count). The van der Waals surface area contributed by atoms with Gasteiger partial charge in [-0.15, -0.1) is 17.8 Å². The Morgan fingerprint density at radius 2 is 1.80 bits per heavy atom. The summed E-state index contributed by atoms with van der Waals surface area (Å²) in [4.78, 5) is 55.1. The van der Waals surface area contributed by atoms with Crippen molar-refractivity contribution in [2.75, 3.05) is 30.0 Å². The molecule has 0 saturated carbocycles. The lowest BCUT2D eigenvalue weighted by atomic mass is 10.1. The Kier molecular flexibility index (Phi) is 9.42. The van der Waals surface area contributed by atoms with Crippen LogP contribution < -0.4 is 10.1 Å². The Morgan fingerprint density at radius 1 is 1.07 bits per heavy atom. The van der Waals surface area contributed by atoms with Crippen LogP contribution in [0.3, 0.4) is 0 Å². The first-order valence-corrected chi connectivity index (χ1v) is 16.2. The predicted molar refractivity (Wildman–Crippen MR) is 155 cm³/mol.